The van der Waals surface area contributed by atoms with E-state index in [4.69, 9.17) is 14.5 Å². The Labute approximate surface area is 151 Å². The van der Waals surface area contributed by atoms with Crippen LogP contribution < -0.4 is 0 Å². The Morgan fingerprint density at radius 1 is 1.00 bits per heavy atom. The first-order valence-corrected chi connectivity index (χ1v) is 13.6. The summed E-state index contributed by atoms with van der Waals surface area (Å²) in [5, 5.41) is 38.5. The van der Waals surface area contributed by atoms with Gasteiger partial charge in [0.1, 0.15) is 24.9 Å². The quantitative estimate of drug-likeness (QED) is 0.182. The van der Waals surface area contributed by atoms with Crippen LogP contribution in [-0.2, 0) is 53.3 Å². The molecule has 8 N–H and O–H groups in total. The van der Waals surface area contributed by atoms with Crippen LogP contribution in [0.5, 0.6) is 0 Å². The number of hydrogen-bond donors (Lipinski definition) is 8. The molecule has 0 aliphatic carbocycles. The van der Waals surface area contributed by atoms with Crippen molar-refractivity contribution in [3.8, 4) is 0 Å². The summed E-state index contributed by atoms with van der Waals surface area (Å²) in [5.41, 5.74) is 0. The van der Waals surface area contributed by atoms with E-state index in [2.05, 4.69) is 48.6 Å². The van der Waals surface area contributed by atoms with Gasteiger partial charge in [0.15, 0.2) is 0 Å². The van der Waals surface area contributed by atoms with Crippen molar-refractivity contribution >= 4 is 55.6 Å². The van der Waals surface area contributed by atoms with E-state index >= 15 is 0 Å². The number of rotatable bonds is 7. The van der Waals surface area contributed by atoms with Crippen LogP contribution in [0.3, 0.4) is 0 Å². The van der Waals surface area contributed by atoms with Crippen molar-refractivity contribution in [3.63, 3.8) is 0 Å². The van der Waals surface area contributed by atoms with Crippen LogP contribution >= 0.6 is 20.2 Å². The highest BCUT2D eigenvalue weighted by Gasteiger charge is 2.49. The normalized spacial score (nSPS) is 36.8. The van der Waals surface area contributed by atoms with E-state index in [9.17, 15) is 30.2 Å². The molecule has 18 heteroatoms. The predicted octanol–water partition coefficient (Wildman–Crippen LogP) is -2.52. The van der Waals surface area contributed by atoms with Crippen molar-refractivity contribution in [2.75, 3.05) is 13.2 Å². The summed E-state index contributed by atoms with van der Waals surface area (Å²) in [6, 6.07) is 0. The smallest absolute Gasteiger partial charge is 0.339 e. The fourth-order valence-corrected chi connectivity index (χ4v) is 8.73. The Kier molecular flexibility index (Phi) is 8.06. The van der Waals surface area contributed by atoms with Crippen molar-refractivity contribution in [2.24, 2.45) is 0 Å². The van der Waals surface area contributed by atoms with E-state index in [0.29, 0.717) is 0 Å². The zero-order valence-electron chi connectivity index (χ0n) is 11.4. The minimum Gasteiger partial charge on any atom is -0.388 e. The Bertz CT molecular complexity index is 597. The lowest BCUT2D eigenvalue weighted by Crippen LogP contribution is -2.62. The summed E-state index contributed by atoms with van der Waals surface area (Å²) in [5.74, 6) is -2.56. The second kappa shape index (κ2) is 8.23. The third-order valence-corrected chi connectivity index (χ3v) is 9.03. The van der Waals surface area contributed by atoms with Gasteiger partial charge in [0.2, 0.25) is 5.79 Å². The van der Waals surface area contributed by atoms with Gasteiger partial charge in [0.25, 0.3) is 0 Å². The second-order valence-electron chi connectivity index (χ2n) is 4.52. The fourth-order valence-electron chi connectivity index (χ4n) is 1.50. The van der Waals surface area contributed by atoms with Gasteiger partial charge in [-0.2, -0.15) is 0 Å². The number of hydrogen-bond acceptors (Lipinski definition) is 11. The Morgan fingerprint density at radius 2 is 1.54 bits per heavy atom. The molecule has 1 heterocycles. The van der Waals surface area contributed by atoms with E-state index in [1.54, 1.807) is 0 Å². The molecule has 0 spiro atoms. The van der Waals surface area contributed by atoms with Crippen LogP contribution in [0.25, 0.3) is 0 Å². The number of aliphatic hydroxyl groups excluding tert-OH is 3. The molecule has 24 heavy (non-hydrogen) atoms. The molecule has 0 amide bonds. The monoisotopic (exact) mass is 468 g/mol. The maximum atomic E-state index is 10.0. The first-order valence-electron chi connectivity index (χ1n) is 5.76. The summed E-state index contributed by atoms with van der Waals surface area (Å²) in [6.45, 7) is -14.9. The van der Waals surface area contributed by atoms with Gasteiger partial charge in [-0.3, -0.25) is 0 Å². The summed E-state index contributed by atoms with van der Waals surface area (Å²) in [7, 11) is 0. The van der Waals surface area contributed by atoms with Crippen molar-refractivity contribution in [2.45, 2.75) is 24.1 Å². The van der Waals surface area contributed by atoms with Crippen LogP contribution in [0.2, 0.25) is 0 Å². The molecule has 0 saturated carbocycles. The Morgan fingerprint density at radius 3 is 2.04 bits per heavy atom. The Balaban J connectivity index is 2.73. The van der Waals surface area contributed by atoms with Crippen molar-refractivity contribution in [1.29, 1.82) is 0 Å². The SMILES string of the molecule is O[C@@H]1[C@H](O)CO[C@](O)(COP(O)(=S)OP(O)(=S)OP(O)(O)=S)[C@H]1O. The molecule has 6 atom stereocenters. The first-order chi connectivity index (χ1) is 10.6. The molecule has 1 fully saturated rings. The van der Waals surface area contributed by atoms with Gasteiger partial charge in [-0.1, -0.05) is 0 Å². The van der Waals surface area contributed by atoms with Gasteiger partial charge in [-0.05, 0) is 35.4 Å². The molecule has 0 bridgehead atoms. The highest BCUT2D eigenvalue weighted by atomic mass is 32.5. The predicted molar refractivity (Wildman–Crippen MR) is 88.8 cm³/mol. The molecular weight excluding hydrogens is 453 g/mol. The third kappa shape index (κ3) is 7.24. The minimum absolute atomic E-state index is 0.563. The zero-order valence-corrected chi connectivity index (χ0v) is 16.6. The van der Waals surface area contributed by atoms with E-state index in [1.807, 2.05) is 0 Å². The molecule has 12 nitrogen and oxygen atoms in total. The van der Waals surface area contributed by atoms with Gasteiger partial charge < -0.3 is 49.3 Å². The largest absolute Gasteiger partial charge is 0.388 e. The molecule has 1 aliphatic rings. The zero-order chi connectivity index (χ0) is 19.0. The summed E-state index contributed by atoms with van der Waals surface area (Å²) in [6.07, 6.45) is -5.26. The minimum atomic E-state index is -4.49. The lowest BCUT2D eigenvalue weighted by atomic mass is 9.98. The first kappa shape index (κ1) is 23.5. The van der Waals surface area contributed by atoms with Gasteiger partial charge in [0, 0.05) is 0 Å². The molecule has 1 saturated heterocycles. The lowest BCUT2D eigenvalue weighted by Gasteiger charge is -2.41. The topological polar surface area (TPSA) is 199 Å². The molecule has 0 aromatic heterocycles. The Hall–Kier alpha value is 1.47. The van der Waals surface area contributed by atoms with Gasteiger partial charge in [0.05, 0.1) is 6.61 Å². The standard InChI is InChI=1S/C6H15O12P3S3/c7-3-1-15-6(10,5(9)4(3)8)2-16-20(13,23)18-21(14,24)17-19(11,12)22/h3-5,7-10H,1-2H2,(H,13,23)(H,14,24)(H2,11,12,22)/t3-,4-,5+,6-,20?,21?/m1/s1. The molecular formula is C6H15O12P3S3. The average Bonchev–Trinajstić information content (AvgIpc) is 2.35. The van der Waals surface area contributed by atoms with Gasteiger partial charge in [-0.25, -0.2) is 8.62 Å². The van der Waals surface area contributed by atoms with Crippen LogP contribution in [-0.4, -0.2) is 77.3 Å². The van der Waals surface area contributed by atoms with Gasteiger partial charge in [-0.15, -0.1) is 0 Å². The van der Waals surface area contributed by atoms with Crippen LogP contribution in [0.1, 0.15) is 0 Å². The summed E-state index contributed by atoms with van der Waals surface area (Å²) < 4.78 is 17.9. The highest BCUT2D eigenvalue weighted by Crippen LogP contribution is 2.66. The van der Waals surface area contributed by atoms with Crippen molar-refractivity contribution < 1.29 is 57.9 Å². The molecule has 0 aromatic carbocycles. The van der Waals surface area contributed by atoms with Crippen LogP contribution in [0.15, 0.2) is 0 Å². The molecule has 1 rings (SSSR count). The maximum Gasteiger partial charge on any atom is 0.339 e. The average molecular weight is 468 g/mol. The fraction of sp³-hybridized carbons (Fsp3) is 1.00. The van der Waals surface area contributed by atoms with E-state index in [0.717, 1.165) is 0 Å². The van der Waals surface area contributed by atoms with Crippen molar-refractivity contribution in [1.82, 2.24) is 0 Å². The summed E-state index contributed by atoms with van der Waals surface area (Å²) >= 11 is 12.9. The van der Waals surface area contributed by atoms with E-state index in [1.165, 1.54) is 0 Å². The van der Waals surface area contributed by atoms with E-state index < -0.39 is 57.5 Å². The molecule has 2 unspecified atom stereocenters. The molecule has 1 aliphatic heterocycles. The van der Waals surface area contributed by atoms with E-state index in [-0.39, 0.29) is 0 Å². The highest BCUT2D eigenvalue weighted by molar-refractivity contribution is 8.17. The molecule has 144 valence electrons. The van der Waals surface area contributed by atoms with Crippen molar-refractivity contribution in [3.05, 3.63) is 0 Å². The number of ether oxygens (including phenoxy) is 1. The van der Waals surface area contributed by atoms with Crippen LogP contribution in [0, 0.1) is 0 Å². The maximum absolute atomic E-state index is 10.0. The molecule has 0 radical (unpaired) electrons. The van der Waals surface area contributed by atoms with Gasteiger partial charge >= 0.3 is 20.2 Å². The second-order valence-corrected chi connectivity index (χ2v) is 13.1. The van der Waals surface area contributed by atoms with Crippen LogP contribution in [0.4, 0.5) is 0 Å². The molecule has 0 aromatic rings. The summed E-state index contributed by atoms with van der Waals surface area (Å²) in [4.78, 5) is 37.1. The third-order valence-electron chi connectivity index (χ3n) is 2.53. The lowest BCUT2D eigenvalue weighted by molar-refractivity contribution is -0.329. The number of aliphatic hydroxyl groups is 4.